The van der Waals surface area contributed by atoms with Crippen LogP contribution in [0.3, 0.4) is 0 Å². The molecule has 7 nitrogen and oxygen atoms in total. The van der Waals surface area contributed by atoms with Crippen LogP contribution in [0.5, 0.6) is 0 Å². The largest absolute Gasteiger partial charge is 0.327 e. The summed E-state index contributed by atoms with van der Waals surface area (Å²) in [6, 6.07) is 16.4. The number of hydroxylamine groups is 1. The van der Waals surface area contributed by atoms with Crippen molar-refractivity contribution >= 4 is 40.8 Å². The minimum atomic E-state index is -0.851. The molecular formula is C30H29Cl2N3O4. The summed E-state index contributed by atoms with van der Waals surface area (Å²) in [6.07, 6.45) is 4.79. The predicted octanol–water partition coefficient (Wildman–Crippen LogP) is 6.06. The second-order valence-corrected chi connectivity index (χ2v) is 10.9. The molecule has 1 aliphatic heterocycles. The highest BCUT2D eigenvalue weighted by Crippen LogP contribution is 2.48. The van der Waals surface area contributed by atoms with E-state index in [1.165, 1.54) is 0 Å². The molecule has 1 saturated carbocycles. The molecule has 1 aromatic heterocycles. The highest BCUT2D eigenvalue weighted by Gasteiger charge is 2.49. The van der Waals surface area contributed by atoms with Crippen LogP contribution >= 0.6 is 23.2 Å². The third kappa shape index (κ3) is 5.57. The van der Waals surface area contributed by atoms with Gasteiger partial charge in [-0.15, -0.1) is 0 Å². The number of nitrogens with zero attached hydrogens (tertiary/aromatic N) is 2. The van der Waals surface area contributed by atoms with Crippen molar-refractivity contribution in [1.29, 1.82) is 0 Å². The van der Waals surface area contributed by atoms with Crippen LogP contribution in [-0.2, 0) is 21.0 Å². The minimum Gasteiger partial charge on any atom is -0.327 e. The maximum Gasteiger partial charge on any atom is 0.254 e. The average Bonchev–Trinajstić information content (AvgIpc) is 2.93. The third-order valence-corrected chi connectivity index (χ3v) is 8.23. The molecule has 4 atom stereocenters. The van der Waals surface area contributed by atoms with Crippen LogP contribution in [0.15, 0.2) is 66.9 Å². The summed E-state index contributed by atoms with van der Waals surface area (Å²) in [5.41, 5.74) is 4.83. The molecule has 4 unspecified atom stereocenters. The van der Waals surface area contributed by atoms with E-state index >= 15 is 0 Å². The monoisotopic (exact) mass is 565 g/mol. The molecule has 1 fully saturated rings. The maximum absolute atomic E-state index is 14.2. The van der Waals surface area contributed by atoms with Gasteiger partial charge in [0.1, 0.15) is 12.4 Å². The van der Waals surface area contributed by atoms with Gasteiger partial charge in [-0.2, -0.15) is 0 Å². The van der Waals surface area contributed by atoms with Crippen molar-refractivity contribution in [2.75, 3.05) is 0 Å². The average molecular weight is 566 g/mol. The summed E-state index contributed by atoms with van der Waals surface area (Å²) in [4.78, 5) is 52.4. The van der Waals surface area contributed by atoms with Gasteiger partial charge in [0.15, 0.2) is 0 Å². The summed E-state index contributed by atoms with van der Waals surface area (Å²) in [6.45, 7) is 1.65. The van der Waals surface area contributed by atoms with Crippen molar-refractivity contribution in [3.63, 3.8) is 0 Å². The molecule has 2 aliphatic rings. The molecule has 1 N–H and O–H groups in total. The first kappa shape index (κ1) is 27.3. The fraction of sp³-hybridized carbons (Fsp3) is 0.333. The number of hydrogen-bond acceptors (Lipinski definition) is 5. The number of aromatic nitrogens is 1. The van der Waals surface area contributed by atoms with Gasteiger partial charge in [0.2, 0.25) is 0 Å². The molecule has 9 heteroatoms. The number of carbonyl (C=O) groups excluding carboxylic acids is 3. The van der Waals surface area contributed by atoms with Gasteiger partial charge in [-0.1, -0.05) is 66.4 Å². The quantitative estimate of drug-likeness (QED) is 0.351. The van der Waals surface area contributed by atoms with Crippen LogP contribution in [-0.4, -0.2) is 33.5 Å². The van der Waals surface area contributed by atoms with E-state index in [1.54, 1.807) is 72.6 Å². The molecule has 2 heterocycles. The standard InChI is InChI=1S/C30H29Cl2N3O4/c1-18(36)21-9-4-5-12-26(21)35-28(24-14-13-19(31)16-25(24)32)27(22-10-2-3-11-23(22)30(35)38)29(37)34-39-17-20-8-6-7-15-33-20/h2-3,6-8,10-11,13-16,21,26-28H,4-5,9,12,17H2,1H3,(H,34,37). The first-order valence-corrected chi connectivity index (χ1v) is 13.8. The fourth-order valence-electron chi connectivity index (χ4n) is 5.92. The zero-order chi connectivity index (χ0) is 27.5. The Balaban J connectivity index is 1.60. The van der Waals surface area contributed by atoms with E-state index in [9.17, 15) is 14.4 Å². The first-order chi connectivity index (χ1) is 18.9. The van der Waals surface area contributed by atoms with Gasteiger partial charge in [0, 0.05) is 33.8 Å². The highest BCUT2D eigenvalue weighted by molar-refractivity contribution is 6.35. The molecule has 5 rings (SSSR count). The molecule has 2 aromatic carbocycles. The Morgan fingerprint density at radius 3 is 2.54 bits per heavy atom. The Morgan fingerprint density at radius 1 is 1.03 bits per heavy atom. The normalized spacial score (nSPS) is 22.7. The number of hydrogen-bond donors (Lipinski definition) is 1. The van der Waals surface area contributed by atoms with E-state index in [-0.39, 0.29) is 30.3 Å². The van der Waals surface area contributed by atoms with E-state index in [0.717, 1.165) is 12.8 Å². The van der Waals surface area contributed by atoms with E-state index < -0.39 is 17.9 Å². The zero-order valence-electron chi connectivity index (χ0n) is 21.5. The lowest BCUT2D eigenvalue weighted by Crippen LogP contribution is -2.55. The van der Waals surface area contributed by atoms with Crippen molar-refractivity contribution in [2.45, 2.75) is 57.2 Å². The fourth-order valence-corrected chi connectivity index (χ4v) is 6.44. The summed E-state index contributed by atoms with van der Waals surface area (Å²) >= 11 is 13.0. The number of ketones is 1. The van der Waals surface area contributed by atoms with Crippen LogP contribution in [0.1, 0.15) is 71.7 Å². The zero-order valence-corrected chi connectivity index (χ0v) is 23.0. The van der Waals surface area contributed by atoms with Gasteiger partial charge in [0.25, 0.3) is 11.8 Å². The first-order valence-electron chi connectivity index (χ1n) is 13.1. The van der Waals surface area contributed by atoms with E-state index in [1.807, 2.05) is 6.07 Å². The topological polar surface area (TPSA) is 88.6 Å². The van der Waals surface area contributed by atoms with E-state index in [2.05, 4.69) is 10.5 Å². The molecule has 202 valence electrons. The molecule has 3 aromatic rings. The van der Waals surface area contributed by atoms with Crippen molar-refractivity contribution in [2.24, 2.45) is 5.92 Å². The van der Waals surface area contributed by atoms with Crippen LogP contribution < -0.4 is 5.48 Å². The number of nitrogens with one attached hydrogen (secondary N) is 1. The Kier molecular flexibility index (Phi) is 8.31. The van der Waals surface area contributed by atoms with Gasteiger partial charge in [-0.25, -0.2) is 5.48 Å². The predicted molar refractivity (Wildman–Crippen MR) is 148 cm³/mol. The Bertz CT molecular complexity index is 1380. The third-order valence-electron chi connectivity index (χ3n) is 7.67. The Hall–Kier alpha value is -3.26. The van der Waals surface area contributed by atoms with Gasteiger partial charge < -0.3 is 4.90 Å². The van der Waals surface area contributed by atoms with Crippen molar-refractivity contribution in [3.8, 4) is 0 Å². The number of halogens is 2. The number of Topliss-reactive ketones (excluding diaryl/α,β-unsaturated/α-hetero) is 1. The van der Waals surface area contributed by atoms with Crippen molar-refractivity contribution < 1.29 is 19.2 Å². The molecule has 0 bridgehead atoms. The number of carbonyl (C=O) groups is 3. The summed E-state index contributed by atoms with van der Waals surface area (Å²) < 4.78 is 0. The lowest BCUT2D eigenvalue weighted by atomic mass is 9.74. The SMILES string of the molecule is CC(=O)C1CCCCC1N1C(=O)c2ccccc2C(C(=O)NOCc2ccccn2)C1c1ccc(Cl)cc1Cl. The van der Waals surface area contributed by atoms with E-state index in [0.29, 0.717) is 45.3 Å². The van der Waals surface area contributed by atoms with Crippen molar-refractivity contribution in [3.05, 3.63) is 99.3 Å². The molecule has 1 aliphatic carbocycles. The number of benzene rings is 2. The minimum absolute atomic E-state index is 0.0343. The summed E-state index contributed by atoms with van der Waals surface area (Å²) in [5.74, 6) is -1.80. The number of amides is 2. The summed E-state index contributed by atoms with van der Waals surface area (Å²) in [5, 5.41) is 0.781. The van der Waals surface area contributed by atoms with Gasteiger partial charge in [0.05, 0.1) is 17.7 Å². The maximum atomic E-state index is 14.2. The summed E-state index contributed by atoms with van der Waals surface area (Å²) in [7, 11) is 0. The molecular weight excluding hydrogens is 537 g/mol. The second-order valence-electron chi connectivity index (χ2n) is 10.0. The number of pyridine rings is 1. The van der Waals surface area contributed by atoms with Crippen LogP contribution in [0.2, 0.25) is 10.0 Å². The highest BCUT2D eigenvalue weighted by atomic mass is 35.5. The smallest absolute Gasteiger partial charge is 0.254 e. The van der Waals surface area contributed by atoms with Gasteiger partial charge in [-0.05, 0) is 61.2 Å². The Morgan fingerprint density at radius 2 is 1.79 bits per heavy atom. The number of fused-ring (bicyclic) bond motifs is 1. The lowest BCUT2D eigenvalue weighted by Gasteiger charge is -2.48. The molecule has 0 radical (unpaired) electrons. The van der Waals surface area contributed by atoms with Crippen LogP contribution in [0, 0.1) is 5.92 Å². The van der Waals surface area contributed by atoms with E-state index in [4.69, 9.17) is 28.0 Å². The molecule has 0 saturated heterocycles. The second kappa shape index (κ2) is 11.9. The Labute approximate surface area is 237 Å². The van der Waals surface area contributed by atoms with Crippen molar-refractivity contribution in [1.82, 2.24) is 15.4 Å². The lowest BCUT2D eigenvalue weighted by molar-refractivity contribution is -0.138. The van der Waals surface area contributed by atoms with Gasteiger partial charge in [-0.3, -0.25) is 24.2 Å². The molecule has 2 amide bonds. The molecule has 39 heavy (non-hydrogen) atoms. The van der Waals surface area contributed by atoms with Gasteiger partial charge >= 0.3 is 0 Å². The number of rotatable bonds is 7. The van der Waals surface area contributed by atoms with Crippen LogP contribution in [0.4, 0.5) is 0 Å². The molecule has 0 spiro atoms. The van der Waals surface area contributed by atoms with Crippen LogP contribution in [0.25, 0.3) is 0 Å².